The number of piperazine rings is 1. The molecule has 9 heteroatoms. The number of carbonyl (C=O) groups excluding carboxylic acids is 2. The third-order valence-electron chi connectivity index (χ3n) is 4.44. The van der Waals surface area contributed by atoms with Crippen molar-refractivity contribution >= 4 is 36.1 Å². The van der Waals surface area contributed by atoms with Crippen molar-refractivity contribution in [1.29, 1.82) is 0 Å². The number of nitrogens with one attached hydrogen (secondary N) is 1. The molecule has 1 aromatic heterocycles. The zero-order valence-electron chi connectivity index (χ0n) is 18.3. The maximum Gasteiger partial charge on any atom is 0.410 e. The number of rotatable bonds is 5. The third-order valence-corrected chi connectivity index (χ3v) is 5.11. The van der Waals surface area contributed by atoms with Crippen LogP contribution in [0.25, 0.3) is 0 Å². The molecule has 160 valence electrons. The van der Waals surface area contributed by atoms with Gasteiger partial charge in [0.05, 0.1) is 11.4 Å². The van der Waals surface area contributed by atoms with E-state index in [-0.39, 0.29) is 23.7 Å². The maximum absolute atomic E-state index is 12.6. The number of amides is 2. The molecule has 1 aromatic rings. The lowest BCUT2D eigenvalue weighted by Crippen LogP contribution is -2.55. The fourth-order valence-corrected chi connectivity index (χ4v) is 3.65. The van der Waals surface area contributed by atoms with E-state index >= 15 is 0 Å². The van der Waals surface area contributed by atoms with Gasteiger partial charge in [0.2, 0.25) is 0 Å². The van der Waals surface area contributed by atoms with Gasteiger partial charge in [-0.3, -0.25) is 4.79 Å². The smallest absolute Gasteiger partial charge is 0.410 e. The summed E-state index contributed by atoms with van der Waals surface area (Å²) in [6.07, 6.45) is 5.04. The molecule has 1 aliphatic heterocycles. The minimum Gasteiger partial charge on any atom is -0.444 e. The molecule has 2 amide bonds. The molecule has 2 radical (unpaired) electrons. The van der Waals surface area contributed by atoms with Gasteiger partial charge < -0.3 is 19.9 Å². The van der Waals surface area contributed by atoms with Gasteiger partial charge >= 0.3 is 6.09 Å². The molecule has 1 atom stereocenters. The first-order chi connectivity index (χ1) is 14.1. The van der Waals surface area contributed by atoms with Crippen LogP contribution in [0.2, 0.25) is 0 Å². The highest BCUT2D eigenvalue weighted by Crippen LogP contribution is 2.21. The zero-order chi connectivity index (χ0) is 22.5. The summed E-state index contributed by atoms with van der Waals surface area (Å²) >= 11 is 1.22. The van der Waals surface area contributed by atoms with Crippen molar-refractivity contribution < 1.29 is 14.3 Å². The van der Waals surface area contributed by atoms with E-state index in [0.717, 1.165) is 5.70 Å². The Morgan fingerprint density at radius 2 is 2.10 bits per heavy atom. The van der Waals surface area contributed by atoms with Crippen LogP contribution in [0.5, 0.6) is 0 Å². The number of hydrogen-bond acceptors (Lipinski definition) is 6. The molecule has 2 rings (SSSR count). The second kappa shape index (κ2) is 9.97. The number of hydrogen-bond donors (Lipinski definition) is 1. The van der Waals surface area contributed by atoms with Crippen molar-refractivity contribution in [1.82, 2.24) is 20.1 Å². The van der Waals surface area contributed by atoms with E-state index < -0.39 is 5.60 Å². The fraction of sp³-hybridized carbons (Fsp3) is 0.476. The Balaban J connectivity index is 2.12. The second-order valence-electron chi connectivity index (χ2n) is 7.98. The van der Waals surface area contributed by atoms with E-state index in [2.05, 4.69) is 21.8 Å². The van der Waals surface area contributed by atoms with Gasteiger partial charge in [0.15, 0.2) is 7.85 Å². The van der Waals surface area contributed by atoms with E-state index in [0.29, 0.717) is 30.2 Å². The lowest BCUT2D eigenvalue weighted by Gasteiger charge is -2.42. The third kappa shape index (κ3) is 6.22. The summed E-state index contributed by atoms with van der Waals surface area (Å²) in [6, 6.07) is -0.0611. The summed E-state index contributed by atoms with van der Waals surface area (Å²) in [5.74, 6) is -0.327. The van der Waals surface area contributed by atoms with Crippen molar-refractivity contribution in [2.45, 2.75) is 46.3 Å². The quantitative estimate of drug-likeness (QED) is 0.577. The predicted octanol–water partition coefficient (Wildman–Crippen LogP) is 2.58. The molecular weight excluding hydrogens is 399 g/mol. The largest absolute Gasteiger partial charge is 0.444 e. The molecule has 0 aliphatic carbocycles. The molecule has 0 aromatic carbocycles. The standard InChI is InChI=1S/C21H29BN4O3S/c1-7-9-17(15(8-2)23-18(27)16-13-30-19(22)24-16)25-10-11-26(14(3)12-25)20(28)29-21(4,5)6/h7-9,13-14H,1,10-12H2,2-6H3,(H,23,27)/b15-8+,17-9+/t14-/m0/s1. The van der Waals surface area contributed by atoms with E-state index in [1.54, 1.807) is 16.4 Å². The van der Waals surface area contributed by atoms with E-state index in [1.807, 2.05) is 46.8 Å². The summed E-state index contributed by atoms with van der Waals surface area (Å²) in [5.41, 5.74) is 1.20. The van der Waals surface area contributed by atoms with Crippen LogP contribution in [0.3, 0.4) is 0 Å². The Bertz CT molecular complexity index is 857. The molecule has 0 saturated carbocycles. The van der Waals surface area contributed by atoms with Crippen LogP contribution in [0.15, 0.2) is 41.6 Å². The van der Waals surface area contributed by atoms with Gasteiger partial charge in [-0.05, 0) is 40.7 Å². The number of aromatic nitrogens is 1. The van der Waals surface area contributed by atoms with E-state index in [9.17, 15) is 9.59 Å². The average molecular weight is 428 g/mol. The summed E-state index contributed by atoms with van der Waals surface area (Å²) in [4.78, 5) is 33.3. The first-order valence-electron chi connectivity index (χ1n) is 9.82. The molecule has 1 N–H and O–H groups in total. The Morgan fingerprint density at radius 1 is 1.40 bits per heavy atom. The maximum atomic E-state index is 12.6. The summed E-state index contributed by atoms with van der Waals surface area (Å²) < 4.78 is 5.52. The molecule has 30 heavy (non-hydrogen) atoms. The van der Waals surface area contributed by atoms with Crippen LogP contribution >= 0.6 is 11.3 Å². The molecule has 0 spiro atoms. The van der Waals surface area contributed by atoms with Gasteiger partial charge in [-0.1, -0.05) is 18.7 Å². The minimum absolute atomic E-state index is 0.0611. The van der Waals surface area contributed by atoms with Gasteiger partial charge in [-0.25, -0.2) is 9.78 Å². The summed E-state index contributed by atoms with van der Waals surface area (Å²) in [5, 5.41) is 4.53. The van der Waals surface area contributed by atoms with Crippen molar-refractivity contribution in [3.8, 4) is 0 Å². The Morgan fingerprint density at radius 3 is 2.60 bits per heavy atom. The van der Waals surface area contributed by atoms with Gasteiger partial charge in [0.25, 0.3) is 5.91 Å². The van der Waals surface area contributed by atoms with Crippen molar-refractivity contribution in [3.63, 3.8) is 0 Å². The van der Waals surface area contributed by atoms with E-state index in [1.165, 1.54) is 11.3 Å². The lowest BCUT2D eigenvalue weighted by atomic mass is 10.1. The number of carbonyl (C=O) groups is 2. The van der Waals surface area contributed by atoms with Crippen molar-refractivity contribution in [3.05, 3.63) is 47.3 Å². The summed E-state index contributed by atoms with van der Waals surface area (Å²) in [7, 11) is 5.63. The van der Waals surface area contributed by atoms with Gasteiger partial charge in [-0.2, -0.15) is 0 Å². The highest BCUT2D eigenvalue weighted by molar-refractivity contribution is 7.17. The van der Waals surface area contributed by atoms with Gasteiger partial charge in [0.1, 0.15) is 11.3 Å². The topological polar surface area (TPSA) is 74.8 Å². The molecule has 7 nitrogen and oxygen atoms in total. The van der Waals surface area contributed by atoms with Gasteiger partial charge in [0, 0.05) is 36.0 Å². The SMILES string of the molecule is [B]c1nc(C(=O)NC(=C/C)/C(=C\C=C)N2CCN(C(=O)OC(C)(C)C)[C@@H](C)C2)cs1. The average Bonchev–Trinajstić information content (AvgIpc) is 3.09. The number of allylic oxidation sites excluding steroid dienone is 3. The highest BCUT2D eigenvalue weighted by Gasteiger charge is 2.32. The number of thiazole rings is 1. The fourth-order valence-electron chi connectivity index (χ4n) is 3.11. The molecule has 1 fully saturated rings. The Hall–Kier alpha value is -2.55. The molecule has 0 unspecified atom stereocenters. The predicted molar refractivity (Wildman–Crippen MR) is 121 cm³/mol. The van der Waals surface area contributed by atoms with Crippen LogP contribution < -0.4 is 10.2 Å². The highest BCUT2D eigenvalue weighted by atomic mass is 32.1. The normalized spacial score (nSPS) is 18.2. The summed E-state index contributed by atoms with van der Waals surface area (Å²) in [6.45, 7) is 14.9. The lowest BCUT2D eigenvalue weighted by molar-refractivity contribution is 0.00517. The van der Waals surface area contributed by atoms with Crippen molar-refractivity contribution in [2.75, 3.05) is 19.6 Å². The molecule has 1 saturated heterocycles. The first kappa shape index (κ1) is 23.7. The van der Waals surface area contributed by atoms with Crippen LogP contribution in [0.4, 0.5) is 4.79 Å². The zero-order valence-corrected chi connectivity index (χ0v) is 19.1. The monoisotopic (exact) mass is 428 g/mol. The van der Waals surface area contributed by atoms with Gasteiger partial charge in [-0.15, -0.1) is 11.3 Å². The number of ether oxygens (including phenoxy) is 1. The second-order valence-corrected chi connectivity index (χ2v) is 8.87. The minimum atomic E-state index is -0.538. The van der Waals surface area contributed by atoms with Crippen LogP contribution in [-0.4, -0.2) is 65.9 Å². The number of nitrogens with zero attached hydrogens (tertiary/aromatic N) is 3. The van der Waals surface area contributed by atoms with Crippen LogP contribution in [0.1, 0.15) is 45.1 Å². The van der Waals surface area contributed by atoms with Crippen LogP contribution in [-0.2, 0) is 4.74 Å². The molecular formula is C21H29BN4O3S. The van der Waals surface area contributed by atoms with Crippen LogP contribution in [0, 0.1) is 0 Å². The van der Waals surface area contributed by atoms with Crippen molar-refractivity contribution in [2.24, 2.45) is 0 Å². The first-order valence-corrected chi connectivity index (χ1v) is 10.7. The molecule has 2 heterocycles. The molecule has 1 aliphatic rings. The Kier molecular flexibility index (Phi) is 7.89. The van der Waals surface area contributed by atoms with E-state index in [4.69, 9.17) is 12.6 Å². The Labute approximate surface area is 183 Å². The molecule has 0 bridgehead atoms.